The van der Waals surface area contributed by atoms with E-state index in [1.54, 1.807) is 11.0 Å². The van der Waals surface area contributed by atoms with Crippen LogP contribution in [0.15, 0.2) is 11.0 Å². The summed E-state index contributed by atoms with van der Waals surface area (Å²) in [5, 5.41) is 6.98. The first-order valence-electron chi connectivity index (χ1n) is 1.19. The van der Waals surface area contributed by atoms with Gasteiger partial charge in [0.1, 0.15) is 11.0 Å². The zero-order chi connectivity index (χ0) is 3.54. The molecule has 0 N–H and O–H groups in total. The Bertz CT molecular complexity index is 68.0. The van der Waals surface area contributed by atoms with E-state index >= 15 is 0 Å². The van der Waals surface area contributed by atoms with Gasteiger partial charge in [0.05, 0.1) is 0 Å². The van der Waals surface area contributed by atoms with E-state index in [9.17, 15) is 0 Å². The molecule has 0 amide bonds. The van der Waals surface area contributed by atoms with Gasteiger partial charge in [-0.1, -0.05) is 0 Å². The summed E-state index contributed by atoms with van der Waals surface area (Å²) in [4.78, 5) is 0. The normalized spacial score (nSPS) is 6.67. The van der Waals surface area contributed by atoms with Crippen LogP contribution in [0.3, 0.4) is 0 Å². The number of hydrogen-bond donors (Lipinski definition) is 0. The summed E-state index contributed by atoms with van der Waals surface area (Å²) in [6.07, 6.45) is 0. The fourth-order valence-corrected chi connectivity index (χ4v) is 0.408. The minimum Gasteiger partial charge on any atom is -0.147 e. The maximum Gasteiger partial charge on any atom is 0.103 e. The third kappa shape index (κ3) is 1.50. The second kappa shape index (κ2) is 3.28. The molecule has 2 nitrogen and oxygen atoms in total. The minimum atomic E-state index is 0. The molecule has 0 aliphatic carbocycles. The average molecular weight is 150 g/mol. The molecule has 0 atom stereocenters. The fraction of sp³-hybridized carbons (Fsp3) is 0. The summed E-state index contributed by atoms with van der Waals surface area (Å²) >= 11 is 1.49. The van der Waals surface area contributed by atoms with E-state index in [1.165, 1.54) is 11.3 Å². The Morgan fingerprint density at radius 1 is 1.17 bits per heavy atom. The first-order chi connectivity index (χ1) is 2.50. The van der Waals surface area contributed by atoms with Gasteiger partial charge in [0.25, 0.3) is 0 Å². The standard InChI is InChI=1S/C2H2N2S.Cu/c1-3-4-2-5-1;/h1-2H;. The number of nitrogens with zero attached hydrogens (tertiary/aromatic N) is 2. The van der Waals surface area contributed by atoms with Gasteiger partial charge in [-0.15, -0.1) is 21.5 Å². The summed E-state index contributed by atoms with van der Waals surface area (Å²) < 4.78 is 0. The second-order valence-electron chi connectivity index (χ2n) is 0.578. The van der Waals surface area contributed by atoms with Gasteiger partial charge in [0.15, 0.2) is 0 Å². The molecule has 0 saturated carbocycles. The molecule has 4 heteroatoms. The van der Waals surface area contributed by atoms with Gasteiger partial charge < -0.3 is 0 Å². The second-order valence-corrected chi connectivity index (χ2v) is 1.27. The first-order valence-corrected chi connectivity index (χ1v) is 2.13. The summed E-state index contributed by atoms with van der Waals surface area (Å²) in [6.45, 7) is 0. The van der Waals surface area contributed by atoms with Crippen LogP contribution in [-0.2, 0) is 17.1 Å². The van der Waals surface area contributed by atoms with Gasteiger partial charge >= 0.3 is 0 Å². The van der Waals surface area contributed by atoms with E-state index in [-0.39, 0.29) is 17.1 Å². The van der Waals surface area contributed by atoms with Crippen molar-refractivity contribution in [3.8, 4) is 0 Å². The van der Waals surface area contributed by atoms with Gasteiger partial charge in [0.2, 0.25) is 0 Å². The van der Waals surface area contributed by atoms with Crippen LogP contribution >= 0.6 is 11.3 Å². The summed E-state index contributed by atoms with van der Waals surface area (Å²) in [6, 6.07) is 0. The predicted molar refractivity (Wildman–Crippen MR) is 19.9 cm³/mol. The van der Waals surface area contributed by atoms with Crippen LogP contribution in [0.5, 0.6) is 0 Å². The van der Waals surface area contributed by atoms with Crippen LogP contribution in [0.1, 0.15) is 0 Å². The Hall–Kier alpha value is 0.0795. The maximum absolute atomic E-state index is 3.49. The number of aromatic nitrogens is 2. The Kier molecular flexibility index (Phi) is 3.32. The van der Waals surface area contributed by atoms with Gasteiger partial charge in [-0.25, -0.2) is 0 Å². The van der Waals surface area contributed by atoms with Gasteiger partial charge in [0, 0.05) is 17.1 Å². The fourth-order valence-electron chi connectivity index (χ4n) is 0.136. The molecule has 1 aromatic heterocycles. The van der Waals surface area contributed by atoms with Crippen LogP contribution < -0.4 is 0 Å². The molecule has 1 aromatic rings. The minimum absolute atomic E-state index is 0. The quantitative estimate of drug-likeness (QED) is 0.504. The Labute approximate surface area is 50.1 Å². The molecule has 1 radical (unpaired) electrons. The van der Waals surface area contributed by atoms with E-state index in [4.69, 9.17) is 0 Å². The van der Waals surface area contributed by atoms with Crippen LogP contribution in [0.4, 0.5) is 0 Å². The van der Waals surface area contributed by atoms with Crippen molar-refractivity contribution in [1.29, 1.82) is 0 Å². The molecule has 0 fully saturated rings. The van der Waals surface area contributed by atoms with Crippen molar-refractivity contribution in [2.24, 2.45) is 0 Å². The molecular formula is C2H2CuN2S. The molecule has 1 rings (SSSR count). The zero-order valence-electron chi connectivity index (χ0n) is 2.76. The third-order valence-corrected chi connectivity index (χ3v) is 0.715. The molecule has 0 aromatic carbocycles. The largest absolute Gasteiger partial charge is 0.147 e. The van der Waals surface area contributed by atoms with Crippen LogP contribution in [-0.4, -0.2) is 10.2 Å². The van der Waals surface area contributed by atoms with Gasteiger partial charge in [-0.05, 0) is 0 Å². The SMILES string of the molecule is [Cu].c1nncs1. The summed E-state index contributed by atoms with van der Waals surface area (Å²) in [7, 11) is 0. The van der Waals surface area contributed by atoms with Gasteiger partial charge in [-0.3, -0.25) is 0 Å². The molecular weight excluding hydrogens is 148 g/mol. The zero-order valence-corrected chi connectivity index (χ0v) is 4.52. The molecule has 0 spiro atoms. The van der Waals surface area contributed by atoms with Crippen molar-refractivity contribution < 1.29 is 17.1 Å². The molecule has 6 heavy (non-hydrogen) atoms. The first kappa shape index (κ1) is 6.08. The van der Waals surface area contributed by atoms with Gasteiger partial charge in [-0.2, -0.15) is 0 Å². The smallest absolute Gasteiger partial charge is 0.103 e. The van der Waals surface area contributed by atoms with Crippen LogP contribution in [0.2, 0.25) is 0 Å². The van der Waals surface area contributed by atoms with Crippen molar-refractivity contribution in [3.05, 3.63) is 11.0 Å². The van der Waals surface area contributed by atoms with Crippen molar-refractivity contribution >= 4 is 11.3 Å². The average Bonchev–Trinajstić information content (AvgIpc) is 1.76. The maximum atomic E-state index is 3.49. The molecule has 0 unspecified atom stereocenters. The predicted octanol–water partition coefficient (Wildman–Crippen LogP) is 0.536. The molecule has 0 aliphatic rings. The van der Waals surface area contributed by atoms with Crippen molar-refractivity contribution in [2.45, 2.75) is 0 Å². The Balaban J connectivity index is 0.000000250. The van der Waals surface area contributed by atoms with E-state index < -0.39 is 0 Å². The van der Waals surface area contributed by atoms with E-state index in [0.717, 1.165) is 0 Å². The van der Waals surface area contributed by atoms with Crippen molar-refractivity contribution in [1.82, 2.24) is 10.2 Å². The number of hydrogen-bond acceptors (Lipinski definition) is 3. The molecule has 37 valence electrons. The summed E-state index contributed by atoms with van der Waals surface area (Å²) in [5.74, 6) is 0. The molecule has 1 heterocycles. The third-order valence-electron chi connectivity index (χ3n) is 0.283. The molecule has 0 aliphatic heterocycles. The van der Waals surface area contributed by atoms with Crippen LogP contribution in [0, 0.1) is 0 Å². The van der Waals surface area contributed by atoms with Crippen LogP contribution in [0.25, 0.3) is 0 Å². The number of rotatable bonds is 0. The monoisotopic (exact) mass is 149 g/mol. The van der Waals surface area contributed by atoms with E-state index in [1.807, 2.05) is 0 Å². The Morgan fingerprint density at radius 3 is 1.83 bits per heavy atom. The summed E-state index contributed by atoms with van der Waals surface area (Å²) in [5.41, 5.74) is 3.36. The van der Waals surface area contributed by atoms with E-state index in [2.05, 4.69) is 10.2 Å². The molecule has 0 saturated heterocycles. The topological polar surface area (TPSA) is 25.8 Å². The Morgan fingerprint density at radius 2 is 1.67 bits per heavy atom. The van der Waals surface area contributed by atoms with Crippen molar-refractivity contribution in [2.75, 3.05) is 0 Å². The van der Waals surface area contributed by atoms with Crippen molar-refractivity contribution in [3.63, 3.8) is 0 Å². The van der Waals surface area contributed by atoms with E-state index in [0.29, 0.717) is 0 Å². The molecule has 0 bridgehead atoms.